The van der Waals surface area contributed by atoms with Gasteiger partial charge in [0.25, 0.3) is 0 Å². The second-order valence-electron chi connectivity index (χ2n) is 2.35. The standard InChI is InChI=1S/C7H5ClN2O/c8-5-3-6(11)10-7-4(5)1-2-9-7/h1-4H,(H,9,10,11). The third-order valence-corrected chi connectivity index (χ3v) is 1.95. The molecule has 0 radical (unpaired) electrons. The maximum atomic E-state index is 10.8. The van der Waals surface area contributed by atoms with Crippen molar-refractivity contribution in [3.8, 4) is 0 Å². The molecule has 0 bridgehead atoms. The van der Waals surface area contributed by atoms with Gasteiger partial charge >= 0.3 is 0 Å². The van der Waals surface area contributed by atoms with Crippen molar-refractivity contribution >= 4 is 23.3 Å². The topological polar surface area (TPSA) is 41.5 Å². The molecule has 1 amide bonds. The molecule has 1 unspecified atom stereocenters. The SMILES string of the molecule is O=C1C=C(Cl)C2C=CN=C2N1. The third kappa shape index (κ3) is 0.973. The second-order valence-corrected chi connectivity index (χ2v) is 2.79. The molecule has 1 atom stereocenters. The molecule has 3 nitrogen and oxygen atoms in total. The summed E-state index contributed by atoms with van der Waals surface area (Å²) in [5.74, 6) is 0.408. The van der Waals surface area contributed by atoms with Gasteiger partial charge in [-0.2, -0.15) is 0 Å². The summed E-state index contributed by atoms with van der Waals surface area (Å²) in [4.78, 5) is 14.8. The number of nitrogens with one attached hydrogen (secondary N) is 1. The van der Waals surface area contributed by atoms with Crippen molar-refractivity contribution in [3.05, 3.63) is 23.4 Å². The highest BCUT2D eigenvalue weighted by Crippen LogP contribution is 2.24. The number of carbonyl (C=O) groups excluding carboxylic acids is 1. The smallest absolute Gasteiger partial charge is 0.250 e. The van der Waals surface area contributed by atoms with Crippen LogP contribution in [0.3, 0.4) is 0 Å². The molecule has 0 spiro atoms. The molecular weight excluding hydrogens is 164 g/mol. The van der Waals surface area contributed by atoms with Gasteiger partial charge in [-0.05, 0) is 0 Å². The Bertz CT molecular complexity index is 304. The van der Waals surface area contributed by atoms with Gasteiger partial charge in [-0.25, -0.2) is 4.99 Å². The van der Waals surface area contributed by atoms with Crippen LogP contribution in [0.2, 0.25) is 0 Å². The minimum absolute atomic E-state index is 0.0191. The Labute approximate surface area is 68.4 Å². The van der Waals surface area contributed by atoms with E-state index in [2.05, 4.69) is 10.3 Å². The first-order valence-electron chi connectivity index (χ1n) is 3.20. The number of aliphatic imine (C=N–C) groups is 1. The van der Waals surface area contributed by atoms with E-state index < -0.39 is 0 Å². The van der Waals surface area contributed by atoms with Crippen LogP contribution < -0.4 is 5.32 Å². The van der Waals surface area contributed by atoms with E-state index in [1.807, 2.05) is 6.08 Å². The zero-order valence-electron chi connectivity index (χ0n) is 5.54. The fourth-order valence-electron chi connectivity index (χ4n) is 1.09. The molecule has 4 heteroatoms. The van der Waals surface area contributed by atoms with Crippen LogP contribution in [0.1, 0.15) is 0 Å². The number of amidine groups is 1. The minimum Gasteiger partial charge on any atom is -0.310 e. The highest BCUT2D eigenvalue weighted by Gasteiger charge is 2.25. The summed E-state index contributed by atoms with van der Waals surface area (Å²) in [7, 11) is 0. The summed E-state index contributed by atoms with van der Waals surface area (Å²) in [6.07, 6.45) is 4.86. The first-order valence-corrected chi connectivity index (χ1v) is 3.57. The van der Waals surface area contributed by atoms with Crippen molar-refractivity contribution in [2.24, 2.45) is 10.9 Å². The van der Waals surface area contributed by atoms with Gasteiger partial charge in [-0.15, -0.1) is 0 Å². The normalized spacial score (nSPS) is 27.4. The molecule has 0 saturated heterocycles. The molecule has 0 aliphatic carbocycles. The molecule has 2 aliphatic rings. The zero-order chi connectivity index (χ0) is 7.84. The Morgan fingerprint density at radius 3 is 3.27 bits per heavy atom. The number of nitrogens with zero attached hydrogens (tertiary/aromatic N) is 1. The van der Waals surface area contributed by atoms with Gasteiger partial charge in [0.05, 0.1) is 5.92 Å². The van der Waals surface area contributed by atoms with Crippen LogP contribution in [0.15, 0.2) is 28.4 Å². The van der Waals surface area contributed by atoms with E-state index in [0.717, 1.165) is 0 Å². The fourth-order valence-corrected chi connectivity index (χ4v) is 1.37. The Morgan fingerprint density at radius 2 is 2.45 bits per heavy atom. The molecule has 0 aromatic heterocycles. The lowest BCUT2D eigenvalue weighted by Gasteiger charge is -2.15. The molecule has 0 saturated carbocycles. The number of fused-ring (bicyclic) bond motifs is 1. The number of amides is 1. The fraction of sp³-hybridized carbons (Fsp3) is 0.143. The highest BCUT2D eigenvalue weighted by molar-refractivity contribution is 6.35. The number of halogens is 1. The van der Waals surface area contributed by atoms with Gasteiger partial charge in [0.2, 0.25) is 5.91 Å². The van der Waals surface area contributed by atoms with E-state index in [1.165, 1.54) is 6.08 Å². The molecule has 2 rings (SSSR count). The molecule has 2 aliphatic heterocycles. The van der Waals surface area contributed by atoms with Gasteiger partial charge in [-0.1, -0.05) is 17.7 Å². The third-order valence-electron chi connectivity index (χ3n) is 1.60. The van der Waals surface area contributed by atoms with Crippen LogP contribution in [-0.2, 0) is 4.79 Å². The van der Waals surface area contributed by atoms with Crippen molar-refractivity contribution < 1.29 is 4.79 Å². The van der Waals surface area contributed by atoms with E-state index in [9.17, 15) is 4.79 Å². The quantitative estimate of drug-likeness (QED) is 0.571. The molecule has 0 fully saturated rings. The minimum atomic E-state index is -0.200. The highest BCUT2D eigenvalue weighted by atomic mass is 35.5. The van der Waals surface area contributed by atoms with Crippen molar-refractivity contribution in [1.82, 2.24) is 5.32 Å². The van der Waals surface area contributed by atoms with Crippen molar-refractivity contribution in [3.63, 3.8) is 0 Å². The van der Waals surface area contributed by atoms with Crippen LogP contribution in [0.25, 0.3) is 0 Å². The largest absolute Gasteiger partial charge is 0.310 e. The lowest BCUT2D eigenvalue weighted by molar-refractivity contribution is -0.115. The first kappa shape index (κ1) is 6.61. The molecule has 0 aromatic rings. The summed E-state index contributed by atoms with van der Waals surface area (Å²) in [5, 5.41) is 3.13. The second kappa shape index (κ2) is 2.20. The predicted molar refractivity (Wildman–Crippen MR) is 42.1 cm³/mol. The van der Waals surface area contributed by atoms with Gasteiger partial charge < -0.3 is 5.32 Å². The van der Waals surface area contributed by atoms with Gasteiger partial charge in [0.1, 0.15) is 5.84 Å². The van der Waals surface area contributed by atoms with Crippen LogP contribution in [0, 0.1) is 5.92 Å². The van der Waals surface area contributed by atoms with Crippen LogP contribution in [0.4, 0.5) is 0 Å². The Morgan fingerprint density at radius 1 is 1.64 bits per heavy atom. The number of hydrogen-bond donors (Lipinski definition) is 1. The molecule has 11 heavy (non-hydrogen) atoms. The van der Waals surface area contributed by atoms with E-state index in [4.69, 9.17) is 11.6 Å². The Kier molecular flexibility index (Phi) is 1.32. The summed E-state index contributed by atoms with van der Waals surface area (Å²) in [6.45, 7) is 0. The van der Waals surface area contributed by atoms with E-state index >= 15 is 0 Å². The van der Waals surface area contributed by atoms with Gasteiger partial charge in [0.15, 0.2) is 0 Å². The summed E-state index contributed by atoms with van der Waals surface area (Å²) >= 11 is 5.78. The lowest BCUT2D eigenvalue weighted by Crippen LogP contribution is -2.36. The first-order chi connectivity index (χ1) is 5.27. The number of carbonyl (C=O) groups is 1. The maximum Gasteiger partial charge on any atom is 0.250 e. The van der Waals surface area contributed by atoms with Crippen molar-refractivity contribution in [1.29, 1.82) is 0 Å². The molecule has 2 heterocycles. The number of hydrogen-bond acceptors (Lipinski definition) is 2. The summed E-state index contributed by atoms with van der Waals surface area (Å²) < 4.78 is 0. The monoisotopic (exact) mass is 168 g/mol. The number of rotatable bonds is 0. The average molecular weight is 169 g/mol. The van der Waals surface area contributed by atoms with E-state index in [0.29, 0.717) is 10.9 Å². The predicted octanol–water partition coefficient (Wildman–Crippen LogP) is 0.781. The van der Waals surface area contributed by atoms with E-state index in [-0.39, 0.29) is 11.8 Å². The molecule has 0 aromatic carbocycles. The average Bonchev–Trinajstić information content (AvgIpc) is 2.34. The van der Waals surface area contributed by atoms with Crippen LogP contribution in [0.5, 0.6) is 0 Å². The summed E-state index contributed by atoms with van der Waals surface area (Å²) in [5.41, 5.74) is 0. The van der Waals surface area contributed by atoms with Crippen molar-refractivity contribution in [2.75, 3.05) is 0 Å². The van der Waals surface area contributed by atoms with E-state index in [1.54, 1.807) is 6.20 Å². The zero-order valence-corrected chi connectivity index (χ0v) is 6.30. The molecule has 1 N–H and O–H groups in total. The van der Waals surface area contributed by atoms with Gasteiger partial charge in [-0.3, -0.25) is 4.79 Å². The van der Waals surface area contributed by atoms with Crippen LogP contribution >= 0.6 is 11.6 Å². The maximum absolute atomic E-state index is 10.8. The Hall–Kier alpha value is -1.09. The van der Waals surface area contributed by atoms with Crippen molar-refractivity contribution in [2.45, 2.75) is 0 Å². The van der Waals surface area contributed by atoms with Gasteiger partial charge in [0, 0.05) is 17.3 Å². The van der Waals surface area contributed by atoms with Crippen LogP contribution in [-0.4, -0.2) is 11.7 Å². The summed E-state index contributed by atoms with van der Waals surface area (Å²) in [6, 6.07) is 0. The molecular formula is C7H5ClN2O. The Balaban J connectivity index is 2.41. The molecule has 56 valence electrons. The lowest BCUT2D eigenvalue weighted by atomic mass is 10.1.